The van der Waals surface area contributed by atoms with Crippen LogP contribution in [0.1, 0.15) is 92.4 Å². The Kier molecular flexibility index (Phi) is 9.71. The van der Waals surface area contributed by atoms with Gasteiger partial charge in [0.15, 0.2) is 0 Å². The van der Waals surface area contributed by atoms with Crippen LogP contribution in [0, 0.1) is 26.7 Å². The number of aryl methyl sites for hydroxylation is 2. The molecule has 2 atom stereocenters. The third-order valence-corrected chi connectivity index (χ3v) is 9.34. The van der Waals surface area contributed by atoms with E-state index >= 15 is 0 Å². The van der Waals surface area contributed by atoms with Gasteiger partial charge in [0.25, 0.3) is 0 Å². The number of carbonyl (C=O) groups excluding carboxylic acids is 1. The Bertz CT molecular complexity index is 1370. The summed E-state index contributed by atoms with van der Waals surface area (Å²) in [6.45, 7) is 18.0. The van der Waals surface area contributed by atoms with Gasteiger partial charge in [0, 0.05) is 12.1 Å². The molecule has 2 heterocycles. The first-order valence-electron chi connectivity index (χ1n) is 16.3. The molecule has 6 nitrogen and oxygen atoms in total. The Hall–Kier alpha value is -3.35. The highest BCUT2D eigenvalue weighted by Crippen LogP contribution is 2.48. The second-order valence-corrected chi connectivity index (χ2v) is 14.1. The van der Waals surface area contributed by atoms with E-state index < -0.39 is 17.3 Å². The zero-order valence-electron chi connectivity index (χ0n) is 27.7. The minimum absolute atomic E-state index is 0.198. The molecule has 6 heteroatoms. The van der Waals surface area contributed by atoms with Gasteiger partial charge in [0.05, 0.1) is 6.04 Å². The molecule has 5 rings (SSSR count). The Morgan fingerprint density at radius 2 is 1.57 bits per heavy atom. The van der Waals surface area contributed by atoms with Crippen LogP contribution < -0.4 is 15.4 Å². The maximum absolute atomic E-state index is 13.0. The number of nitrogens with one attached hydrogen (secondary N) is 2. The summed E-state index contributed by atoms with van der Waals surface area (Å²) in [5, 5.41) is 7.07. The molecule has 0 spiro atoms. The molecule has 236 valence electrons. The Morgan fingerprint density at radius 3 is 2.14 bits per heavy atom. The van der Waals surface area contributed by atoms with E-state index in [1.165, 1.54) is 16.7 Å². The predicted octanol–water partition coefficient (Wildman–Crippen LogP) is 7.81. The van der Waals surface area contributed by atoms with E-state index in [1.807, 2.05) is 20.8 Å². The molecule has 1 fully saturated rings. The molecule has 1 saturated heterocycles. The normalized spacial score (nSPS) is 20.8. The molecule has 0 aromatic heterocycles. The van der Waals surface area contributed by atoms with Crippen molar-refractivity contribution >= 4 is 6.09 Å². The Morgan fingerprint density at radius 1 is 0.977 bits per heavy atom. The second kappa shape index (κ2) is 13.3. The molecule has 0 radical (unpaired) electrons. The number of rotatable bonds is 9. The fraction of sp³-hybridized carbons (Fsp3) is 0.500. The van der Waals surface area contributed by atoms with Crippen molar-refractivity contribution in [2.75, 3.05) is 26.2 Å². The van der Waals surface area contributed by atoms with Crippen LogP contribution in [0.3, 0.4) is 0 Å². The van der Waals surface area contributed by atoms with Gasteiger partial charge in [-0.15, -0.1) is 0 Å². The average Bonchev–Trinajstić information content (AvgIpc) is 3.26. The lowest BCUT2D eigenvalue weighted by atomic mass is 9.87. The SMILES string of the molecule is Cc1cc(C)c2c(c1C)OC(C)(CN1CCC(CCNC(c3ccccc3)c3ccccc3)CC1)C2NC(=O)OC(C)(C)C. The number of nitrogens with zero attached hydrogens (tertiary/aromatic N) is 1. The van der Waals surface area contributed by atoms with E-state index in [0.717, 1.165) is 67.9 Å². The van der Waals surface area contributed by atoms with Crippen LogP contribution in [-0.4, -0.2) is 48.4 Å². The van der Waals surface area contributed by atoms with Gasteiger partial charge in [-0.25, -0.2) is 4.79 Å². The van der Waals surface area contributed by atoms with Crippen LogP contribution in [0.25, 0.3) is 0 Å². The molecular weight excluding hydrogens is 546 g/mol. The van der Waals surface area contributed by atoms with Crippen LogP contribution in [-0.2, 0) is 4.74 Å². The van der Waals surface area contributed by atoms with Gasteiger partial charge in [0.2, 0.25) is 0 Å². The van der Waals surface area contributed by atoms with Crippen LogP contribution in [0.2, 0.25) is 0 Å². The predicted molar refractivity (Wildman–Crippen MR) is 178 cm³/mol. The van der Waals surface area contributed by atoms with Crippen molar-refractivity contribution in [3.63, 3.8) is 0 Å². The maximum Gasteiger partial charge on any atom is 0.408 e. The quantitative estimate of drug-likeness (QED) is 0.263. The molecule has 2 unspecified atom stereocenters. The monoisotopic (exact) mass is 597 g/mol. The lowest BCUT2D eigenvalue weighted by molar-refractivity contribution is 0.00991. The lowest BCUT2D eigenvalue weighted by Gasteiger charge is -2.39. The lowest BCUT2D eigenvalue weighted by Crippen LogP contribution is -2.53. The number of piperidine rings is 1. The molecule has 1 amide bonds. The summed E-state index contributed by atoms with van der Waals surface area (Å²) in [6.07, 6.45) is 3.07. The molecule has 3 aromatic rings. The van der Waals surface area contributed by atoms with E-state index in [4.69, 9.17) is 9.47 Å². The van der Waals surface area contributed by atoms with Crippen molar-refractivity contribution in [3.05, 3.63) is 100 Å². The zero-order chi connectivity index (χ0) is 31.5. The topological polar surface area (TPSA) is 62.8 Å². The van der Waals surface area contributed by atoms with Crippen LogP contribution in [0.15, 0.2) is 66.7 Å². The molecule has 2 aliphatic rings. The van der Waals surface area contributed by atoms with Gasteiger partial charge < -0.3 is 20.1 Å². The van der Waals surface area contributed by atoms with Crippen molar-refractivity contribution in [3.8, 4) is 5.75 Å². The molecule has 0 aliphatic carbocycles. The fourth-order valence-corrected chi connectivity index (χ4v) is 6.96. The summed E-state index contributed by atoms with van der Waals surface area (Å²) in [6, 6.07) is 23.6. The number of hydrogen-bond donors (Lipinski definition) is 2. The van der Waals surface area contributed by atoms with E-state index in [0.29, 0.717) is 5.92 Å². The van der Waals surface area contributed by atoms with E-state index in [1.54, 1.807) is 0 Å². The number of benzene rings is 3. The maximum atomic E-state index is 13.0. The van der Waals surface area contributed by atoms with Gasteiger partial charge in [-0.3, -0.25) is 4.90 Å². The van der Waals surface area contributed by atoms with Gasteiger partial charge in [0.1, 0.15) is 23.0 Å². The van der Waals surface area contributed by atoms with Crippen molar-refractivity contribution in [2.24, 2.45) is 5.92 Å². The highest BCUT2D eigenvalue weighted by Gasteiger charge is 2.49. The first kappa shape index (κ1) is 32.1. The minimum Gasteiger partial charge on any atom is -0.483 e. The summed E-state index contributed by atoms with van der Waals surface area (Å²) in [5.74, 6) is 1.60. The molecule has 0 saturated carbocycles. The van der Waals surface area contributed by atoms with E-state index in [9.17, 15) is 4.79 Å². The van der Waals surface area contributed by atoms with Crippen molar-refractivity contribution < 1.29 is 14.3 Å². The highest BCUT2D eigenvalue weighted by atomic mass is 16.6. The number of fused-ring (bicyclic) bond motifs is 1. The van der Waals surface area contributed by atoms with Crippen LogP contribution in [0.5, 0.6) is 5.75 Å². The Labute approximate surface area is 264 Å². The van der Waals surface area contributed by atoms with E-state index in [-0.39, 0.29) is 12.1 Å². The first-order valence-corrected chi connectivity index (χ1v) is 16.3. The highest BCUT2D eigenvalue weighted by molar-refractivity contribution is 5.70. The Balaban J connectivity index is 1.21. The molecule has 44 heavy (non-hydrogen) atoms. The minimum atomic E-state index is -0.602. The fourth-order valence-electron chi connectivity index (χ4n) is 6.96. The summed E-state index contributed by atoms with van der Waals surface area (Å²) in [4.78, 5) is 15.6. The number of likely N-dealkylation sites (tertiary alicyclic amines) is 1. The van der Waals surface area contributed by atoms with Gasteiger partial charge in [-0.2, -0.15) is 0 Å². The number of ether oxygens (including phenoxy) is 2. The van der Waals surface area contributed by atoms with Gasteiger partial charge in [-0.1, -0.05) is 66.7 Å². The summed E-state index contributed by atoms with van der Waals surface area (Å²) >= 11 is 0. The van der Waals surface area contributed by atoms with Crippen molar-refractivity contribution in [2.45, 2.75) is 91.0 Å². The van der Waals surface area contributed by atoms with E-state index in [2.05, 4.69) is 110 Å². The standard InChI is InChI=1S/C38H51N3O3/c1-26-24-27(2)32-34(28(26)3)43-38(7,35(32)40-36(42)44-37(4,5)6)25-41-22-19-29(20-23-41)18-21-39-33(30-14-10-8-11-15-30)31-16-12-9-13-17-31/h8-17,24,29,33,35,39H,18-23,25H2,1-7H3,(H,40,42). The summed E-state index contributed by atoms with van der Waals surface area (Å²) in [7, 11) is 0. The summed E-state index contributed by atoms with van der Waals surface area (Å²) in [5.41, 5.74) is 6.00. The molecule has 0 bridgehead atoms. The van der Waals surface area contributed by atoms with Crippen LogP contribution in [0.4, 0.5) is 4.79 Å². The molecular formula is C38H51N3O3. The smallest absolute Gasteiger partial charge is 0.408 e. The number of amides is 1. The number of hydrogen-bond acceptors (Lipinski definition) is 5. The largest absolute Gasteiger partial charge is 0.483 e. The average molecular weight is 598 g/mol. The third kappa shape index (κ3) is 7.47. The van der Waals surface area contributed by atoms with Crippen molar-refractivity contribution in [1.82, 2.24) is 15.5 Å². The number of carbonyl (C=O) groups is 1. The molecule has 2 N–H and O–H groups in total. The zero-order valence-corrected chi connectivity index (χ0v) is 27.7. The van der Waals surface area contributed by atoms with Crippen molar-refractivity contribution in [1.29, 1.82) is 0 Å². The third-order valence-electron chi connectivity index (χ3n) is 9.34. The molecule has 3 aromatic carbocycles. The first-order chi connectivity index (χ1) is 20.9. The number of alkyl carbamates (subject to hydrolysis) is 1. The van der Waals surface area contributed by atoms with Gasteiger partial charge >= 0.3 is 6.09 Å². The molecule has 2 aliphatic heterocycles. The second-order valence-electron chi connectivity index (χ2n) is 14.1. The summed E-state index contributed by atoms with van der Waals surface area (Å²) < 4.78 is 12.5. The van der Waals surface area contributed by atoms with Gasteiger partial charge in [-0.05, 0) is 121 Å². The van der Waals surface area contributed by atoms with Crippen LogP contribution >= 0.6 is 0 Å².